The van der Waals surface area contributed by atoms with Crippen molar-refractivity contribution in [3.05, 3.63) is 109 Å². The Hall–Kier alpha value is -3.33. The van der Waals surface area contributed by atoms with E-state index in [4.69, 9.17) is 24.3 Å². The number of phosphoric ester groups is 1. The van der Waals surface area contributed by atoms with E-state index >= 15 is 0 Å². The van der Waals surface area contributed by atoms with Crippen molar-refractivity contribution in [2.45, 2.75) is 328 Å². The maximum Gasteiger partial charge on any atom is 0.472 e. The maximum absolute atomic E-state index is 12.8. The second-order valence-electron chi connectivity index (χ2n) is 23.4. The highest BCUT2D eigenvalue weighted by Crippen LogP contribution is 2.43. The largest absolute Gasteiger partial charge is 0.472 e. The van der Waals surface area contributed by atoms with Crippen LogP contribution >= 0.6 is 7.82 Å². The third-order valence-corrected chi connectivity index (χ3v) is 16.2. The predicted octanol–water partition coefficient (Wildman–Crippen LogP) is 23.3. The normalized spacial score (nSPS) is 13.6. The zero-order chi connectivity index (χ0) is 61.6. The Bertz CT molecular complexity index is 1760. The number of ether oxygens (including phenoxy) is 2. The fourth-order valence-corrected chi connectivity index (χ4v) is 10.8. The number of esters is 2. The minimum Gasteiger partial charge on any atom is -0.462 e. The van der Waals surface area contributed by atoms with Gasteiger partial charge in [-0.25, -0.2) is 4.57 Å². The number of hydrogen-bond acceptors (Lipinski definition) is 8. The van der Waals surface area contributed by atoms with E-state index in [0.29, 0.717) is 6.42 Å². The van der Waals surface area contributed by atoms with Crippen molar-refractivity contribution in [1.29, 1.82) is 0 Å². The first-order chi connectivity index (χ1) is 41.8. The second kappa shape index (κ2) is 69.8. The van der Waals surface area contributed by atoms with E-state index in [1.807, 2.05) is 0 Å². The molecular formula is C75H132NO8P. The van der Waals surface area contributed by atoms with Crippen molar-refractivity contribution in [3.63, 3.8) is 0 Å². The highest BCUT2D eigenvalue weighted by Gasteiger charge is 2.26. The molecular weight excluding hydrogens is 1070 g/mol. The summed E-state index contributed by atoms with van der Waals surface area (Å²) in [6.45, 7) is 3.67. The number of carbonyl (C=O) groups is 2. The molecule has 0 aromatic heterocycles. The molecule has 9 nitrogen and oxygen atoms in total. The molecule has 0 spiro atoms. The molecule has 10 heteroatoms. The Morgan fingerprint density at radius 1 is 0.365 bits per heavy atom. The van der Waals surface area contributed by atoms with Crippen LogP contribution in [0.5, 0.6) is 0 Å². The monoisotopic (exact) mass is 1210 g/mol. The Morgan fingerprint density at radius 3 is 0.965 bits per heavy atom. The molecule has 0 fully saturated rings. The molecule has 0 bridgehead atoms. The lowest BCUT2D eigenvalue weighted by atomic mass is 10.0. The van der Waals surface area contributed by atoms with Crippen molar-refractivity contribution in [3.8, 4) is 0 Å². The summed E-state index contributed by atoms with van der Waals surface area (Å²) in [5, 5.41) is 0. The molecule has 0 radical (unpaired) electrons. The van der Waals surface area contributed by atoms with Crippen molar-refractivity contribution >= 4 is 19.8 Å². The Morgan fingerprint density at radius 2 is 0.647 bits per heavy atom. The zero-order valence-electron chi connectivity index (χ0n) is 55.1. The van der Waals surface area contributed by atoms with Crippen LogP contribution in [-0.2, 0) is 32.7 Å². The van der Waals surface area contributed by atoms with Gasteiger partial charge in [-0.05, 0) is 83.5 Å². The van der Waals surface area contributed by atoms with Crippen LogP contribution in [0.4, 0.5) is 0 Å². The third kappa shape index (κ3) is 69.6. The quantitative estimate of drug-likeness (QED) is 0.0264. The lowest BCUT2D eigenvalue weighted by Gasteiger charge is -2.19. The lowest BCUT2D eigenvalue weighted by molar-refractivity contribution is -0.161. The molecule has 0 aliphatic carbocycles. The fraction of sp³-hybridized carbons (Fsp3) is 0.733. The van der Waals surface area contributed by atoms with Crippen molar-refractivity contribution in [2.75, 3.05) is 26.4 Å². The third-order valence-electron chi connectivity index (χ3n) is 15.2. The molecule has 85 heavy (non-hydrogen) atoms. The van der Waals surface area contributed by atoms with Gasteiger partial charge in [0.05, 0.1) is 13.2 Å². The zero-order valence-corrected chi connectivity index (χ0v) is 56.0. The highest BCUT2D eigenvalue weighted by atomic mass is 31.2. The molecule has 3 N–H and O–H groups in total. The number of phosphoric acid groups is 1. The summed E-state index contributed by atoms with van der Waals surface area (Å²) in [4.78, 5) is 35.3. The van der Waals surface area contributed by atoms with Gasteiger partial charge < -0.3 is 20.1 Å². The van der Waals surface area contributed by atoms with Gasteiger partial charge >= 0.3 is 19.8 Å². The Balaban J connectivity index is 3.88. The number of allylic oxidation sites excluding steroid dienone is 18. The first kappa shape index (κ1) is 81.7. The second-order valence-corrected chi connectivity index (χ2v) is 24.8. The molecule has 0 heterocycles. The van der Waals surface area contributed by atoms with Gasteiger partial charge in [-0.15, -0.1) is 0 Å². The topological polar surface area (TPSA) is 134 Å². The molecule has 0 saturated heterocycles. The molecule has 0 amide bonds. The summed E-state index contributed by atoms with van der Waals surface area (Å²) in [7, 11) is -4.40. The number of rotatable bonds is 66. The van der Waals surface area contributed by atoms with E-state index < -0.39 is 26.5 Å². The van der Waals surface area contributed by atoms with Gasteiger partial charge in [0, 0.05) is 19.4 Å². The number of hydrogen-bond donors (Lipinski definition) is 2. The molecule has 0 aliphatic heterocycles. The van der Waals surface area contributed by atoms with Gasteiger partial charge in [0.1, 0.15) is 6.61 Å². The van der Waals surface area contributed by atoms with E-state index in [2.05, 4.69) is 123 Å². The first-order valence-corrected chi connectivity index (χ1v) is 36.9. The first-order valence-electron chi connectivity index (χ1n) is 35.4. The van der Waals surface area contributed by atoms with Crippen molar-refractivity contribution in [1.82, 2.24) is 0 Å². The maximum atomic E-state index is 12.8. The summed E-state index contributed by atoms with van der Waals surface area (Å²) in [5.41, 5.74) is 5.40. The van der Waals surface area contributed by atoms with Crippen LogP contribution in [-0.4, -0.2) is 49.3 Å². The van der Waals surface area contributed by atoms with Crippen molar-refractivity contribution in [2.24, 2.45) is 5.73 Å². The lowest BCUT2D eigenvalue weighted by Crippen LogP contribution is -2.29. The Labute approximate surface area is 524 Å². The van der Waals surface area contributed by atoms with Crippen LogP contribution < -0.4 is 5.73 Å². The number of unbranched alkanes of at least 4 members (excludes halogenated alkanes) is 35. The summed E-state index contributed by atoms with van der Waals surface area (Å²) in [6, 6.07) is 0. The van der Waals surface area contributed by atoms with Gasteiger partial charge in [0.25, 0.3) is 0 Å². The minimum absolute atomic E-state index is 0.0515. The molecule has 0 aromatic rings. The average Bonchev–Trinajstić information content (AvgIpc) is 3.52. The summed E-state index contributed by atoms with van der Waals surface area (Å²) < 4.78 is 33.2. The van der Waals surface area contributed by atoms with E-state index in [0.717, 1.165) is 96.3 Å². The summed E-state index contributed by atoms with van der Waals surface area (Å²) in [5.74, 6) is -0.818. The average molecular weight is 1210 g/mol. The van der Waals surface area contributed by atoms with Crippen molar-refractivity contribution < 1.29 is 37.6 Å². The fourth-order valence-electron chi connectivity index (χ4n) is 9.99. The minimum atomic E-state index is -4.40. The van der Waals surface area contributed by atoms with Crippen LogP contribution in [0.25, 0.3) is 0 Å². The van der Waals surface area contributed by atoms with Gasteiger partial charge in [-0.1, -0.05) is 335 Å². The van der Waals surface area contributed by atoms with E-state index in [9.17, 15) is 19.0 Å². The molecule has 0 rings (SSSR count). The standard InChI is InChI=1S/C75H132NO8P/c1-3-5-7-9-11-13-15-17-19-21-23-25-27-28-29-30-31-32-33-34-35-36-37-38-39-40-41-42-43-44-46-48-50-52-54-56-58-60-62-64-66-68-75(78)84-73(72-83-85(79,80)82-70-69-76)71-81-74(77)67-65-63-61-59-57-55-53-51-49-47-45-26-24-22-20-18-16-14-12-10-8-6-4-2/h5,7,11,13,17,19,23,25,28-29,31-32,34-35,37-38,40-41,73H,3-4,6,8-10,12,14-16,18,20-22,24,26-27,30,33,36,39,42-72,76H2,1-2H3,(H,79,80)/b7-5-,13-11-,19-17-,25-23-,29-28-,32-31-,35-34-,38-37-,41-40-. The highest BCUT2D eigenvalue weighted by molar-refractivity contribution is 7.47. The Kier molecular flexibility index (Phi) is 67.0. The van der Waals surface area contributed by atoms with E-state index in [1.54, 1.807) is 0 Å². The predicted molar refractivity (Wildman–Crippen MR) is 367 cm³/mol. The van der Waals surface area contributed by atoms with Gasteiger partial charge in [-0.3, -0.25) is 18.6 Å². The van der Waals surface area contributed by atoms with Crippen LogP contribution in [0.2, 0.25) is 0 Å². The van der Waals surface area contributed by atoms with Crippen LogP contribution in [0.3, 0.4) is 0 Å². The van der Waals surface area contributed by atoms with Gasteiger partial charge in [-0.2, -0.15) is 0 Å². The number of carbonyl (C=O) groups excluding carboxylic acids is 2. The van der Waals surface area contributed by atoms with Crippen LogP contribution in [0.1, 0.15) is 322 Å². The smallest absolute Gasteiger partial charge is 0.462 e. The SMILES string of the molecule is CC/C=C\C/C=C\C/C=C\C/C=C\C/C=C\C/C=C\C/C=C\C/C=C\C/C=C\CCCCCCCCCCCCCCCC(=O)OC(COC(=O)CCCCCCCCCCCCCCCCCCCCCCCCC)COP(=O)(O)OCCN. The molecule has 0 aromatic carbocycles. The van der Waals surface area contributed by atoms with Crippen LogP contribution in [0, 0.1) is 0 Å². The molecule has 2 atom stereocenters. The van der Waals surface area contributed by atoms with Gasteiger partial charge in [0.15, 0.2) is 6.10 Å². The number of nitrogens with two attached hydrogens (primary N) is 1. The molecule has 2 unspecified atom stereocenters. The molecule has 0 saturated carbocycles. The molecule has 0 aliphatic rings. The van der Waals surface area contributed by atoms with E-state index in [1.165, 1.54) is 193 Å². The van der Waals surface area contributed by atoms with Crippen LogP contribution in [0.15, 0.2) is 109 Å². The summed E-state index contributed by atoms with van der Waals surface area (Å²) >= 11 is 0. The molecule has 490 valence electrons. The van der Waals surface area contributed by atoms with E-state index in [-0.39, 0.29) is 38.6 Å². The van der Waals surface area contributed by atoms with Gasteiger partial charge in [0.2, 0.25) is 0 Å². The summed E-state index contributed by atoms with van der Waals surface area (Å²) in [6.07, 6.45) is 96.1.